The second kappa shape index (κ2) is 9.25. The molecule has 1 amide bonds. The highest BCUT2D eigenvalue weighted by Gasteiger charge is 2.62. The number of nitrogens with zero attached hydrogens (tertiary/aromatic N) is 2. The number of hydrogen-bond acceptors (Lipinski definition) is 6. The highest BCUT2D eigenvalue weighted by molar-refractivity contribution is 5.77. The first-order valence-corrected chi connectivity index (χ1v) is 11.4. The van der Waals surface area contributed by atoms with Crippen molar-refractivity contribution in [3.05, 3.63) is 11.6 Å². The van der Waals surface area contributed by atoms with Gasteiger partial charge in [0.25, 0.3) is 0 Å². The summed E-state index contributed by atoms with van der Waals surface area (Å²) in [4.78, 5) is 16.0. The Morgan fingerprint density at radius 1 is 1.30 bits per heavy atom. The first-order valence-electron chi connectivity index (χ1n) is 11.4. The van der Waals surface area contributed by atoms with Crippen LogP contribution < -0.4 is 0 Å². The summed E-state index contributed by atoms with van der Waals surface area (Å²) in [5.74, 6) is -0.338. The molecule has 7 nitrogen and oxygen atoms in total. The second-order valence-electron chi connectivity index (χ2n) is 9.95. The van der Waals surface area contributed by atoms with Gasteiger partial charge in [0.15, 0.2) is 0 Å². The molecule has 0 bridgehead atoms. The third kappa shape index (κ3) is 4.60. The molecule has 0 aromatic heterocycles. The molecular weight excluding hydrogens is 384 g/mol. The average molecular weight is 425 g/mol. The second-order valence-corrected chi connectivity index (χ2v) is 9.95. The van der Waals surface area contributed by atoms with Gasteiger partial charge < -0.3 is 25.0 Å². The Hall–Kier alpha value is -0.990. The van der Waals surface area contributed by atoms with Gasteiger partial charge in [-0.15, -0.1) is 0 Å². The van der Waals surface area contributed by atoms with Crippen LogP contribution in [0, 0.1) is 5.92 Å². The zero-order valence-corrected chi connectivity index (χ0v) is 19.0. The molecule has 6 atom stereocenters. The number of carbonyl (C=O) groups is 1. The highest BCUT2D eigenvalue weighted by atomic mass is 16.5. The summed E-state index contributed by atoms with van der Waals surface area (Å²) >= 11 is 0. The summed E-state index contributed by atoms with van der Waals surface area (Å²) in [6, 6.07) is -0.199. The van der Waals surface area contributed by atoms with E-state index in [9.17, 15) is 20.1 Å². The number of allylic oxidation sites excluding steroid dienone is 1. The first kappa shape index (κ1) is 23.7. The topological polar surface area (TPSA) is 93.5 Å². The minimum atomic E-state index is -1.23. The molecular formula is C23H40N2O5. The van der Waals surface area contributed by atoms with E-state index in [-0.39, 0.29) is 11.9 Å². The Morgan fingerprint density at radius 3 is 2.63 bits per heavy atom. The van der Waals surface area contributed by atoms with Gasteiger partial charge in [0.1, 0.15) is 0 Å². The van der Waals surface area contributed by atoms with Crippen molar-refractivity contribution in [2.24, 2.45) is 5.92 Å². The average Bonchev–Trinajstić information content (AvgIpc) is 3.07. The minimum Gasteiger partial charge on any atom is -0.390 e. The van der Waals surface area contributed by atoms with Crippen molar-refractivity contribution in [1.29, 1.82) is 0 Å². The number of fused-ring (bicyclic) bond motifs is 1. The molecule has 2 saturated heterocycles. The molecule has 2 heterocycles. The van der Waals surface area contributed by atoms with Gasteiger partial charge in [0.05, 0.1) is 23.4 Å². The SMILES string of the molecule is CO[C@@H]1[C@H](O)CC[C@]2(O)CN(CCCN3CCCC3=O)[C@@H](CC=C(C)C)[C@](C)(O)[C@@H]12. The van der Waals surface area contributed by atoms with Crippen LogP contribution in [0.15, 0.2) is 11.6 Å². The number of β-amino-alcohol motifs (C(OH)–C–C–N with tert-alkyl or cyclic N) is 1. The van der Waals surface area contributed by atoms with Crippen molar-refractivity contribution in [3.63, 3.8) is 0 Å². The zero-order valence-electron chi connectivity index (χ0n) is 19.0. The maximum Gasteiger partial charge on any atom is 0.222 e. The molecule has 0 aromatic carbocycles. The monoisotopic (exact) mass is 424 g/mol. The molecule has 2 aliphatic heterocycles. The predicted molar refractivity (Wildman–Crippen MR) is 115 cm³/mol. The highest BCUT2D eigenvalue weighted by Crippen LogP contribution is 2.49. The van der Waals surface area contributed by atoms with Crippen LogP contribution >= 0.6 is 0 Å². The normalized spacial score (nSPS) is 39.8. The van der Waals surface area contributed by atoms with Gasteiger partial charge in [0.2, 0.25) is 5.91 Å². The number of aliphatic hydroxyl groups excluding tert-OH is 1. The van der Waals surface area contributed by atoms with Gasteiger partial charge in [-0.3, -0.25) is 9.69 Å². The maximum atomic E-state index is 11.9. The fourth-order valence-corrected chi connectivity index (χ4v) is 6.01. The standard InChI is InChI=1S/C23H40N2O5/c1-16(2)8-9-18-22(3,28)21-20(30-4)17(26)10-11-23(21,29)15-25(18)14-6-13-24-12-5-7-19(24)27/h8,17-18,20-21,26,28-29H,5-7,9-15H2,1-4H3/t17-,18+,20-,21-,22+,23+/m1/s1. The summed E-state index contributed by atoms with van der Waals surface area (Å²) < 4.78 is 5.60. The molecule has 1 saturated carbocycles. The smallest absolute Gasteiger partial charge is 0.222 e. The number of carbonyl (C=O) groups excluding carboxylic acids is 1. The lowest BCUT2D eigenvalue weighted by molar-refractivity contribution is -0.265. The van der Waals surface area contributed by atoms with Gasteiger partial charge in [-0.1, -0.05) is 11.6 Å². The third-order valence-electron chi connectivity index (χ3n) is 7.45. The quantitative estimate of drug-likeness (QED) is 0.534. The predicted octanol–water partition coefficient (Wildman–Crippen LogP) is 1.31. The van der Waals surface area contributed by atoms with E-state index in [1.165, 1.54) is 5.57 Å². The molecule has 30 heavy (non-hydrogen) atoms. The number of amides is 1. The van der Waals surface area contributed by atoms with Gasteiger partial charge >= 0.3 is 0 Å². The number of ether oxygens (including phenoxy) is 1. The number of likely N-dealkylation sites (tertiary alicyclic amines) is 2. The first-order chi connectivity index (χ1) is 14.1. The Morgan fingerprint density at radius 2 is 2.03 bits per heavy atom. The van der Waals surface area contributed by atoms with Gasteiger partial charge in [-0.25, -0.2) is 0 Å². The van der Waals surface area contributed by atoms with E-state index >= 15 is 0 Å². The summed E-state index contributed by atoms with van der Waals surface area (Å²) in [5, 5.41) is 33.9. The summed E-state index contributed by atoms with van der Waals surface area (Å²) in [5.41, 5.74) is -1.17. The van der Waals surface area contributed by atoms with Crippen LogP contribution in [0.2, 0.25) is 0 Å². The van der Waals surface area contributed by atoms with E-state index in [4.69, 9.17) is 4.74 Å². The van der Waals surface area contributed by atoms with Gasteiger partial charge in [-0.2, -0.15) is 0 Å². The molecule has 172 valence electrons. The van der Waals surface area contributed by atoms with Crippen molar-refractivity contribution in [3.8, 4) is 0 Å². The molecule has 3 aliphatic rings. The van der Waals surface area contributed by atoms with E-state index in [1.807, 2.05) is 18.7 Å². The van der Waals surface area contributed by atoms with E-state index in [2.05, 4.69) is 11.0 Å². The van der Waals surface area contributed by atoms with Crippen molar-refractivity contribution < 1.29 is 24.9 Å². The zero-order chi connectivity index (χ0) is 22.1. The molecule has 3 fully saturated rings. The number of rotatable bonds is 7. The summed E-state index contributed by atoms with van der Waals surface area (Å²) in [6.45, 7) is 8.56. The number of aliphatic hydroxyl groups is 3. The van der Waals surface area contributed by atoms with Crippen LogP contribution in [0.1, 0.15) is 59.3 Å². The lowest BCUT2D eigenvalue weighted by atomic mass is 9.59. The van der Waals surface area contributed by atoms with Crippen LogP contribution in [0.25, 0.3) is 0 Å². The van der Waals surface area contributed by atoms with Gasteiger partial charge in [-0.05, 0) is 52.9 Å². The van der Waals surface area contributed by atoms with E-state index in [0.717, 1.165) is 19.4 Å². The van der Waals surface area contributed by atoms with Crippen LogP contribution in [-0.2, 0) is 9.53 Å². The Balaban J connectivity index is 1.81. The molecule has 0 spiro atoms. The molecule has 1 aliphatic carbocycles. The fourth-order valence-electron chi connectivity index (χ4n) is 6.01. The maximum absolute atomic E-state index is 11.9. The molecule has 0 aromatic rings. The number of piperidine rings is 1. The van der Waals surface area contributed by atoms with Crippen molar-refractivity contribution >= 4 is 5.91 Å². The molecule has 7 heteroatoms. The molecule has 0 radical (unpaired) electrons. The van der Waals surface area contributed by atoms with E-state index in [0.29, 0.717) is 45.3 Å². The third-order valence-corrected chi connectivity index (χ3v) is 7.45. The fraction of sp³-hybridized carbons (Fsp3) is 0.870. The van der Waals surface area contributed by atoms with Crippen molar-refractivity contribution in [2.75, 3.05) is 33.3 Å². The van der Waals surface area contributed by atoms with E-state index < -0.39 is 29.3 Å². The number of methoxy groups -OCH3 is 1. The Kier molecular flexibility index (Phi) is 7.30. The van der Waals surface area contributed by atoms with Crippen LogP contribution in [0.4, 0.5) is 0 Å². The molecule has 0 unspecified atom stereocenters. The van der Waals surface area contributed by atoms with Crippen molar-refractivity contribution in [2.45, 2.75) is 88.7 Å². The molecule has 3 N–H and O–H groups in total. The minimum absolute atomic E-state index is 0.199. The Bertz CT molecular complexity index is 648. The van der Waals surface area contributed by atoms with Crippen LogP contribution in [0.3, 0.4) is 0 Å². The lowest BCUT2D eigenvalue weighted by Crippen LogP contribution is -2.75. The number of hydrogen-bond donors (Lipinski definition) is 3. The van der Waals surface area contributed by atoms with Crippen molar-refractivity contribution in [1.82, 2.24) is 9.80 Å². The lowest BCUT2D eigenvalue weighted by Gasteiger charge is -2.61. The Labute approximate surface area is 180 Å². The van der Waals surface area contributed by atoms with Crippen LogP contribution in [-0.4, -0.2) is 93.8 Å². The summed E-state index contributed by atoms with van der Waals surface area (Å²) in [6.07, 6.45) is 4.78. The summed E-state index contributed by atoms with van der Waals surface area (Å²) in [7, 11) is 1.54. The molecule has 3 rings (SSSR count). The van der Waals surface area contributed by atoms with Crippen LogP contribution in [0.5, 0.6) is 0 Å². The van der Waals surface area contributed by atoms with E-state index in [1.54, 1.807) is 14.0 Å². The largest absolute Gasteiger partial charge is 0.390 e. The van der Waals surface area contributed by atoms with Gasteiger partial charge in [0, 0.05) is 51.7 Å².